The molecule has 7 heteroatoms. The molecule has 5 aromatic rings. The zero-order chi connectivity index (χ0) is 22.6. The van der Waals surface area contributed by atoms with Gasteiger partial charge in [0.15, 0.2) is 5.65 Å². The molecular weight excluding hydrogens is 435 g/mol. The smallest absolute Gasteiger partial charge is 0.251 e. The van der Waals surface area contributed by atoms with E-state index < -0.39 is 0 Å². The largest absolute Gasteiger partial charge is 0.346 e. The highest BCUT2D eigenvalue weighted by atomic mass is 32.2. The van der Waals surface area contributed by atoms with Gasteiger partial charge in [0.2, 0.25) is 0 Å². The Hall–Kier alpha value is -3.97. The monoisotopic (exact) mass is 454 g/mol. The van der Waals surface area contributed by atoms with Crippen molar-refractivity contribution in [3.05, 3.63) is 114 Å². The minimum absolute atomic E-state index is 0.216. The molecule has 0 unspecified atom stereocenters. The minimum atomic E-state index is -0.382. The van der Waals surface area contributed by atoms with Gasteiger partial charge < -0.3 is 5.32 Å². The van der Waals surface area contributed by atoms with Crippen molar-refractivity contribution in [2.24, 2.45) is 0 Å². The lowest BCUT2D eigenvalue weighted by Gasteiger charge is -2.08. The molecule has 1 amide bonds. The molecule has 0 aliphatic heterocycles. The van der Waals surface area contributed by atoms with Crippen LogP contribution in [0.15, 0.2) is 107 Å². The first-order valence-electron chi connectivity index (χ1n) is 10.4. The Labute approximate surface area is 194 Å². The van der Waals surface area contributed by atoms with Gasteiger partial charge in [-0.1, -0.05) is 60.3 Å². The van der Waals surface area contributed by atoms with Crippen LogP contribution in [0.4, 0.5) is 4.39 Å². The van der Waals surface area contributed by atoms with E-state index in [1.54, 1.807) is 16.3 Å². The van der Waals surface area contributed by atoms with E-state index in [1.165, 1.54) is 24.3 Å². The Morgan fingerprint density at radius 2 is 1.58 bits per heavy atom. The lowest BCUT2D eigenvalue weighted by molar-refractivity contribution is 0.0950. The molecule has 5 rings (SSSR count). The Morgan fingerprint density at radius 1 is 0.879 bits per heavy atom. The summed E-state index contributed by atoms with van der Waals surface area (Å²) in [5.74, 6) is -0.675. The van der Waals surface area contributed by atoms with Crippen LogP contribution in [0, 0.1) is 5.82 Å². The van der Waals surface area contributed by atoms with Crippen LogP contribution in [0.3, 0.4) is 0 Å². The highest BCUT2D eigenvalue weighted by Crippen LogP contribution is 2.28. The van der Waals surface area contributed by atoms with Crippen molar-refractivity contribution in [2.75, 3.05) is 0 Å². The number of fused-ring (bicyclic) bond motifs is 1. The summed E-state index contributed by atoms with van der Waals surface area (Å²) in [4.78, 5) is 18.5. The Balaban J connectivity index is 1.51. The summed E-state index contributed by atoms with van der Waals surface area (Å²) >= 11 is 1.56. The van der Waals surface area contributed by atoms with E-state index in [1.807, 2.05) is 72.8 Å². The standard InChI is InChI=1S/C26H19FN4OS/c27-20-13-11-19(12-14-20)26(32)28-17-22-25(18-7-3-1-4-8-18)29-23-15-16-24(30-31(22)23)33-21-9-5-2-6-10-21/h1-16H,17H2,(H,28,32). The molecule has 0 aliphatic rings. The highest BCUT2D eigenvalue weighted by Gasteiger charge is 2.17. The number of hydrogen-bond acceptors (Lipinski definition) is 4. The van der Waals surface area contributed by atoms with Crippen molar-refractivity contribution in [3.8, 4) is 11.3 Å². The zero-order valence-electron chi connectivity index (χ0n) is 17.5. The van der Waals surface area contributed by atoms with E-state index in [2.05, 4.69) is 5.32 Å². The Morgan fingerprint density at radius 3 is 2.30 bits per heavy atom. The second-order valence-corrected chi connectivity index (χ2v) is 8.41. The van der Waals surface area contributed by atoms with Crippen LogP contribution in [0.1, 0.15) is 16.1 Å². The van der Waals surface area contributed by atoms with Gasteiger partial charge in [-0.2, -0.15) is 5.10 Å². The normalized spacial score (nSPS) is 10.9. The van der Waals surface area contributed by atoms with Gasteiger partial charge in [0.25, 0.3) is 5.91 Å². The number of halogens is 1. The number of hydrogen-bond donors (Lipinski definition) is 1. The van der Waals surface area contributed by atoms with E-state index in [-0.39, 0.29) is 18.3 Å². The molecule has 0 fully saturated rings. The third kappa shape index (κ3) is 4.63. The molecule has 0 bridgehead atoms. The number of imidazole rings is 1. The summed E-state index contributed by atoms with van der Waals surface area (Å²) in [5, 5.41) is 8.53. The van der Waals surface area contributed by atoms with Gasteiger partial charge in [0, 0.05) is 16.0 Å². The molecule has 0 saturated heterocycles. The first-order valence-corrected chi connectivity index (χ1v) is 11.2. The summed E-state index contributed by atoms with van der Waals surface area (Å²) < 4.78 is 15.0. The van der Waals surface area contributed by atoms with Gasteiger partial charge >= 0.3 is 0 Å². The second kappa shape index (κ2) is 9.26. The van der Waals surface area contributed by atoms with Gasteiger partial charge in [0.1, 0.15) is 10.8 Å². The van der Waals surface area contributed by atoms with Crippen LogP contribution in [0.2, 0.25) is 0 Å². The van der Waals surface area contributed by atoms with Crippen molar-refractivity contribution in [2.45, 2.75) is 16.5 Å². The maximum Gasteiger partial charge on any atom is 0.251 e. The number of carbonyl (C=O) groups is 1. The van der Waals surface area contributed by atoms with Crippen LogP contribution >= 0.6 is 11.8 Å². The van der Waals surface area contributed by atoms with Gasteiger partial charge in [-0.3, -0.25) is 4.79 Å². The van der Waals surface area contributed by atoms with E-state index >= 15 is 0 Å². The van der Waals surface area contributed by atoms with Gasteiger partial charge in [-0.15, -0.1) is 0 Å². The molecule has 33 heavy (non-hydrogen) atoms. The number of nitrogens with zero attached hydrogens (tertiary/aromatic N) is 3. The van der Waals surface area contributed by atoms with Gasteiger partial charge in [-0.25, -0.2) is 13.9 Å². The quantitative estimate of drug-likeness (QED) is 0.362. The van der Waals surface area contributed by atoms with Crippen molar-refractivity contribution in [3.63, 3.8) is 0 Å². The molecule has 0 saturated carbocycles. The third-order valence-electron chi connectivity index (χ3n) is 5.08. The number of amides is 1. The summed E-state index contributed by atoms with van der Waals surface area (Å²) in [6.45, 7) is 0.216. The predicted octanol–water partition coefficient (Wildman–Crippen LogP) is 5.62. The first-order chi connectivity index (χ1) is 16.2. The highest BCUT2D eigenvalue weighted by molar-refractivity contribution is 7.99. The molecule has 0 spiro atoms. The Kier molecular flexibility index (Phi) is 5.87. The molecule has 0 aliphatic carbocycles. The molecule has 2 heterocycles. The van der Waals surface area contributed by atoms with Crippen LogP contribution in [0.25, 0.3) is 16.9 Å². The van der Waals surface area contributed by atoms with Crippen molar-refractivity contribution < 1.29 is 9.18 Å². The SMILES string of the molecule is O=C(NCc1c(-c2ccccc2)nc2ccc(Sc3ccccc3)nn12)c1ccc(F)cc1. The molecular formula is C26H19FN4OS. The number of aromatic nitrogens is 3. The molecule has 3 aromatic carbocycles. The number of nitrogens with one attached hydrogen (secondary N) is 1. The van der Waals surface area contributed by atoms with Crippen LogP contribution in [-0.2, 0) is 6.54 Å². The van der Waals surface area contributed by atoms with Crippen LogP contribution in [-0.4, -0.2) is 20.5 Å². The maximum atomic E-state index is 13.2. The average molecular weight is 455 g/mol. The summed E-state index contributed by atoms with van der Waals surface area (Å²) in [5.41, 5.74) is 3.54. The zero-order valence-corrected chi connectivity index (χ0v) is 18.3. The number of benzene rings is 3. The van der Waals surface area contributed by atoms with Crippen LogP contribution in [0.5, 0.6) is 0 Å². The number of rotatable bonds is 6. The summed E-state index contributed by atoms with van der Waals surface area (Å²) in [6.07, 6.45) is 0. The topological polar surface area (TPSA) is 59.3 Å². The van der Waals surface area contributed by atoms with E-state index in [0.717, 1.165) is 26.9 Å². The predicted molar refractivity (Wildman–Crippen MR) is 127 cm³/mol. The van der Waals surface area contributed by atoms with E-state index in [0.29, 0.717) is 11.2 Å². The molecule has 0 atom stereocenters. The van der Waals surface area contributed by atoms with E-state index in [4.69, 9.17) is 10.1 Å². The van der Waals surface area contributed by atoms with Crippen molar-refractivity contribution >= 4 is 23.3 Å². The van der Waals surface area contributed by atoms with Crippen molar-refractivity contribution in [1.29, 1.82) is 0 Å². The van der Waals surface area contributed by atoms with Gasteiger partial charge in [-0.05, 0) is 48.5 Å². The summed E-state index contributed by atoms with van der Waals surface area (Å²) in [6, 6.07) is 29.2. The third-order valence-corrected chi connectivity index (χ3v) is 6.02. The molecule has 162 valence electrons. The molecule has 0 radical (unpaired) electrons. The number of carbonyl (C=O) groups excluding carboxylic acids is 1. The van der Waals surface area contributed by atoms with E-state index in [9.17, 15) is 9.18 Å². The fourth-order valence-electron chi connectivity index (χ4n) is 3.48. The summed E-state index contributed by atoms with van der Waals surface area (Å²) in [7, 11) is 0. The van der Waals surface area contributed by atoms with Crippen molar-refractivity contribution in [1.82, 2.24) is 19.9 Å². The maximum absolute atomic E-state index is 13.2. The molecule has 2 aromatic heterocycles. The fourth-order valence-corrected chi connectivity index (χ4v) is 4.27. The average Bonchev–Trinajstić information content (AvgIpc) is 3.22. The lowest BCUT2D eigenvalue weighted by atomic mass is 10.1. The molecule has 1 N–H and O–H groups in total. The first kappa shape index (κ1) is 20.9. The lowest BCUT2D eigenvalue weighted by Crippen LogP contribution is -2.24. The fraction of sp³-hybridized carbons (Fsp3) is 0.0385. The minimum Gasteiger partial charge on any atom is -0.346 e. The van der Waals surface area contributed by atoms with Gasteiger partial charge in [0.05, 0.1) is 17.9 Å². The molecule has 5 nitrogen and oxygen atoms in total. The van der Waals surface area contributed by atoms with Crippen LogP contribution < -0.4 is 5.32 Å². The Bertz CT molecular complexity index is 1400. The second-order valence-electron chi connectivity index (χ2n) is 7.32.